The molecule has 2 fully saturated rings. The maximum absolute atomic E-state index is 4.75. The molecule has 0 aromatic carbocycles. The van der Waals surface area contributed by atoms with Gasteiger partial charge in [-0.25, -0.2) is 15.0 Å². The van der Waals surface area contributed by atoms with Gasteiger partial charge in [-0.3, -0.25) is 4.90 Å². The molecule has 6 heteroatoms. The molecule has 6 nitrogen and oxygen atoms in total. The first-order valence-electron chi connectivity index (χ1n) is 9.87. The molecule has 0 N–H and O–H groups in total. The van der Waals surface area contributed by atoms with Gasteiger partial charge in [-0.15, -0.1) is 0 Å². The summed E-state index contributed by atoms with van der Waals surface area (Å²) in [4.78, 5) is 18.7. The smallest absolute Gasteiger partial charge is 0.137 e. The minimum atomic E-state index is 0.440. The Kier molecular flexibility index (Phi) is 4.08. The minimum absolute atomic E-state index is 0.440. The van der Waals surface area contributed by atoms with Crippen molar-refractivity contribution in [1.29, 1.82) is 0 Å². The lowest BCUT2D eigenvalue weighted by Crippen LogP contribution is -2.29. The fraction of sp³-hybridized carbons (Fsp3) is 0.476. The van der Waals surface area contributed by atoms with Gasteiger partial charge < -0.3 is 9.30 Å². The molecule has 140 valence electrons. The molecule has 3 aromatic rings. The van der Waals surface area contributed by atoms with Gasteiger partial charge in [0.05, 0.1) is 5.69 Å². The fourth-order valence-electron chi connectivity index (χ4n) is 4.55. The van der Waals surface area contributed by atoms with Crippen LogP contribution in [0.4, 0.5) is 5.82 Å². The standard InChI is InChI=1S/C21H26N6/c1-15(2)19-7-21(23-14-22-19)27-10-16-8-25(9-17(16)11-27)12-18-13-26-6-4-3-5-20(26)24-18/h3-7,13-17H,8-12H2,1-2H3. The molecule has 0 saturated carbocycles. The predicted molar refractivity (Wildman–Crippen MR) is 106 cm³/mol. The number of rotatable bonds is 4. The van der Waals surface area contributed by atoms with E-state index in [9.17, 15) is 0 Å². The monoisotopic (exact) mass is 362 g/mol. The third kappa shape index (κ3) is 3.18. The van der Waals surface area contributed by atoms with Crippen LogP contribution in [-0.4, -0.2) is 50.4 Å². The summed E-state index contributed by atoms with van der Waals surface area (Å²) in [5.74, 6) is 2.98. The number of fused-ring (bicyclic) bond motifs is 2. The summed E-state index contributed by atoms with van der Waals surface area (Å²) in [7, 11) is 0. The van der Waals surface area contributed by atoms with Crippen molar-refractivity contribution in [3.63, 3.8) is 0 Å². The van der Waals surface area contributed by atoms with Crippen LogP contribution in [0.1, 0.15) is 31.2 Å². The molecule has 5 rings (SSSR count). The molecule has 0 amide bonds. The van der Waals surface area contributed by atoms with Crippen LogP contribution in [0.15, 0.2) is 43.0 Å². The first-order valence-corrected chi connectivity index (χ1v) is 9.87. The third-order valence-corrected chi connectivity index (χ3v) is 5.95. The first-order chi connectivity index (χ1) is 13.2. The van der Waals surface area contributed by atoms with E-state index in [0.29, 0.717) is 5.92 Å². The zero-order valence-electron chi connectivity index (χ0n) is 16.0. The summed E-state index contributed by atoms with van der Waals surface area (Å²) in [6, 6.07) is 8.32. The van der Waals surface area contributed by atoms with E-state index < -0.39 is 0 Å². The summed E-state index contributed by atoms with van der Waals surface area (Å²) in [6.45, 7) is 9.81. The van der Waals surface area contributed by atoms with Gasteiger partial charge in [0.2, 0.25) is 0 Å². The van der Waals surface area contributed by atoms with Gasteiger partial charge in [0.25, 0.3) is 0 Å². The molecule has 0 spiro atoms. The summed E-state index contributed by atoms with van der Waals surface area (Å²) >= 11 is 0. The highest BCUT2D eigenvalue weighted by molar-refractivity contribution is 5.42. The molecular weight excluding hydrogens is 336 g/mol. The van der Waals surface area contributed by atoms with Crippen LogP contribution in [0.3, 0.4) is 0 Å². The fourth-order valence-corrected chi connectivity index (χ4v) is 4.55. The second-order valence-corrected chi connectivity index (χ2v) is 8.27. The number of anilines is 1. The lowest BCUT2D eigenvalue weighted by atomic mass is 10.0. The number of hydrogen-bond acceptors (Lipinski definition) is 5. The van der Waals surface area contributed by atoms with E-state index in [1.807, 2.05) is 12.1 Å². The van der Waals surface area contributed by atoms with E-state index in [1.165, 1.54) is 0 Å². The summed E-state index contributed by atoms with van der Waals surface area (Å²) < 4.78 is 2.11. The van der Waals surface area contributed by atoms with E-state index in [0.717, 1.165) is 67.4 Å². The number of aromatic nitrogens is 4. The minimum Gasteiger partial charge on any atom is -0.356 e. The van der Waals surface area contributed by atoms with E-state index in [2.05, 4.69) is 62.5 Å². The average Bonchev–Trinajstić information content (AvgIpc) is 3.34. The second-order valence-electron chi connectivity index (χ2n) is 8.27. The number of nitrogens with zero attached hydrogens (tertiary/aromatic N) is 6. The Bertz CT molecular complexity index is 902. The van der Waals surface area contributed by atoms with Crippen molar-refractivity contribution in [2.24, 2.45) is 11.8 Å². The van der Waals surface area contributed by atoms with Crippen molar-refractivity contribution in [2.75, 3.05) is 31.1 Å². The van der Waals surface area contributed by atoms with Crippen LogP contribution in [0, 0.1) is 11.8 Å². The number of imidazole rings is 1. The van der Waals surface area contributed by atoms with E-state index in [4.69, 9.17) is 4.98 Å². The SMILES string of the molecule is CC(C)c1cc(N2CC3CN(Cc4cn5ccccc5n4)CC3C2)ncn1. The van der Waals surface area contributed by atoms with Crippen LogP contribution in [0.5, 0.6) is 0 Å². The topological polar surface area (TPSA) is 49.6 Å². The maximum Gasteiger partial charge on any atom is 0.137 e. The summed E-state index contributed by atoms with van der Waals surface area (Å²) in [5, 5.41) is 0. The van der Waals surface area contributed by atoms with E-state index in [-0.39, 0.29) is 0 Å². The van der Waals surface area contributed by atoms with Crippen molar-refractivity contribution in [1.82, 2.24) is 24.3 Å². The lowest BCUT2D eigenvalue weighted by Gasteiger charge is -2.22. The Morgan fingerprint density at radius 2 is 1.89 bits per heavy atom. The molecule has 2 aliphatic rings. The van der Waals surface area contributed by atoms with Crippen LogP contribution >= 0.6 is 0 Å². The second kappa shape index (κ2) is 6.60. The van der Waals surface area contributed by atoms with Crippen molar-refractivity contribution in [3.05, 3.63) is 54.4 Å². The predicted octanol–water partition coefficient (Wildman–Crippen LogP) is 2.82. The Labute approximate surface area is 159 Å². The Hall–Kier alpha value is -2.47. The quantitative estimate of drug-likeness (QED) is 0.714. The highest BCUT2D eigenvalue weighted by Gasteiger charge is 2.40. The molecule has 0 bridgehead atoms. The molecule has 2 unspecified atom stereocenters. The van der Waals surface area contributed by atoms with Crippen LogP contribution in [0.2, 0.25) is 0 Å². The molecule has 0 radical (unpaired) electrons. The first kappa shape index (κ1) is 16.7. The molecule has 5 heterocycles. The van der Waals surface area contributed by atoms with Crippen LogP contribution in [0.25, 0.3) is 5.65 Å². The Morgan fingerprint density at radius 3 is 2.63 bits per heavy atom. The molecule has 3 aromatic heterocycles. The van der Waals surface area contributed by atoms with Gasteiger partial charge in [0.15, 0.2) is 0 Å². The van der Waals surface area contributed by atoms with Crippen molar-refractivity contribution >= 4 is 11.5 Å². The number of hydrogen-bond donors (Lipinski definition) is 0. The number of likely N-dealkylation sites (tertiary alicyclic amines) is 1. The van der Waals surface area contributed by atoms with Crippen molar-refractivity contribution < 1.29 is 0 Å². The van der Waals surface area contributed by atoms with Crippen LogP contribution in [-0.2, 0) is 6.54 Å². The molecule has 0 aliphatic carbocycles. The van der Waals surface area contributed by atoms with Gasteiger partial charge in [0.1, 0.15) is 17.8 Å². The maximum atomic E-state index is 4.75. The molecule has 2 atom stereocenters. The zero-order valence-corrected chi connectivity index (χ0v) is 16.0. The van der Waals surface area contributed by atoms with Crippen molar-refractivity contribution in [3.8, 4) is 0 Å². The molecule has 2 saturated heterocycles. The van der Waals surface area contributed by atoms with Gasteiger partial charge in [0, 0.05) is 56.9 Å². The Balaban J connectivity index is 1.23. The molecule has 2 aliphatic heterocycles. The normalized spacial score (nSPS) is 22.9. The van der Waals surface area contributed by atoms with Gasteiger partial charge >= 0.3 is 0 Å². The van der Waals surface area contributed by atoms with Crippen molar-refractivity contribution in [2.45, 2.75) is 26.3 Å². The van der Waals surface area contributed by atoms with Gasteiger partial charge in [-0.1, -0.05) is 19.9 Å². The van der Waals surface area contributed by atoms with E-state index in [1.54, 1.807) is 6.33 Å². The summed E-state index contributed by atoms with van der Waals surface area (Å²) in [6.07, 6.45) is 5.94. The van der Waals surface area contributed by atoms with Gasteiger partial charge in [-0.05, 0) is 29.9 Å². The van der Waals surface area contributed by atoms with Gasteiger partial charge in [-0.2, -0.15) is 0 Å². The van der Waals surface area contributed by atoms with Crippen LogP contribution < -0.4 is 4.90 Å². The Morgan fingerprint density at radius 1 is 1.07 bits per heavy atom. The molecular formula is C21H26N6. The average molecular weight is 362 g/mol. The third-order valence-electron chi connectivity index (χ3n) is 5.95. The zero-order chi connectivity index (χ0) is 18.4. The largest absolute Gasteiger partial charge is 0.356 e. The summed E-state index contributed by atoms with van der Waals surface area (Å²) in [5.41, 5.74) is 3.32. The molecule has 27 heavy (non-hydrogen) atoms. The number of pyridine rings is 1. The lowest BCUT2D eigenvalue weighted by molar-refractivity contribution is 0.305. The highest BCUT2D eigenvalue weighted by Crippen LogP contribution is 2.34. The highest BCUT2D eigenvalue weighted by atomic mass is 15.3. The van der Waals surface area contributed by atoms with E-state index >= 15 is 0 Å².